The van der Waals surface area contributed by atoms with E-state index in [1.807, 2.05) is 0 Å². The molecule has 0 atom stereocenters. The smallest absolute Gasteiger partial charge is 0.0375 e. The van der Waals surface area contributed by atoms with Crippen molar-refractivity contribution in [1.82, 2.24) is 0 Å². The lowest BCUT2D eigenvalue weighted by atomic mass is 10.1. The van der Waals surface area contributed by atoms with Crippen LogP contribution in [0.2, 0.25) is 0 Å². The molecule has 2 aromatic rings. The Balaban J connectivity index is 2.38. The summed E-state index contributed by atoms with van der Waals surface area (Å²) in [4.78, 5) is 2.61. The van der Waals surface area contributed by atoms with Crippen molar-refractivity contribution in [3.8, 4) is 10.4 Å². The molecule has 1 heterocycles. The third-order valence-electron chi connectivity index (χ3n) is 2.79. The van der Waals surface area contributed by atoms with Gasteiger partial charge in [-0.3, -0.25) is 0 Å². The summed E-state index contributed by atoms with van der Waals surface area (Å²) in [5.74, 6) is 0. The lowest BCUT2D eigenvalue weighted by Gasteiger charge is -2.01. The molecule has 0 amide bonds. The predicted octanol–water partition coefficient (Wildman–Crippen LogP) is 3.74. The van der Waals surface area contributed by atoms with Crippen LogP contribution in [0.15, 0.2) is 30.3 Å². The Kier molecular flexibility index (Phi) is 3.42. The van der Waals surface area contributed by atoms with Crippen molar-refractivity contribution >= 4 is 11.3 Å². The van der Waals surface area contributed by atoms with Gasteiger partial charge in [0.1, 0.15) is 0 Å². The van der Waals surface area contributed by atoms with Crippen molar-refractivity contribution in [1.29, 1.82) is 0 Å². The summed E-state index contributed by atoms with van der Waals surface area (Å²) in [5.41, 5.74) is 9.69. The van der Waals surface area contributed by atoms with E-state index in [0.29, 0.717) is 6.54 Å². The second-order valence-electron chi connectivity index (χ2n) is 3.98. The highest BCUT2D eigenvalue weighted by atomic mass is 32.1. The van der Waals surface area contributed by atoms with Crippen LogP contribution in [0.5, 0.6) is 0 Å². The van der Waals surface area contributed by atoms with E-state index >= 15 is 0 Å². The SMILES string of the molecule is CCc1ccc(-c2sc(CN)cc2C)cc1. The van der Waals surface area contributed by atoms with Gasteiger partial charge in [-0.15, -0.1) is 11.3 Å². The number of thiophene rings is 1. The van der Waals surface area contributed by atoms with Crippen molar-refractivity contribution in [2.75, 3.05) is 0 Å². The molecule has 0 aliphatic heterocycles. The van der Waals surface area contributed by atoms with Crippen LogP contribution in [0.3, 0.4) is 0 Å². The molecule has 0 fully saturated rings. The van der Waals surface area contributed by atoms with E-state index < -0.39 is 0 Å². The molecule has 0 bridgehead atoms. The predicted molar refractivity (Wildman–Crippen MR) is 71.8 cm³/mol. The maximum Gasteiger partial charge on any atom is 0.0375 e. The van der Waals surface area contributed by atoms with Crippen LogP contribution in [0.1, 0.15) is 22.9 Å². The van der Waals surface area contributed by atoms with Crippen molar-refractivity contribution in [2.45, 2.75) is 26.8 Å². The quantitative estimate of drug-likeness (QED) is 0.855. The largest absolute Gasteiger partial charge is 0.326 e. The molecule has 1 nitrogen and oxygen atoms in total. The lowest BCUT2D eigenvalue weighted by molar-refractivity contribution is 1.10. The van der Waals surface area contributed by atoms with Crippen LogP contribution in [-0.4, -0.2) is 0 Å². The first kappa shape index (κ1) is 11.4. The van der Waals surface area contributed by atoms with Crippen LogP contribution in [0, 0.1) is 6.92 Å². The second kappa shape index (κ2) is 4.81. The van der Waals surface area contributed by atoms with Crippen LogP contribution in [0.25, 0.3) is 10.4 Å². The third-order valence-corrected chi connectivity index (χ3v) is 4.10. The van der Waals surface area contributed by atoms with E-state index in [4.69, 9.17) is 5.73 Å². The molecule has 0 saturated carbocycles. The van der Waals surface area contributed by atoms with E-state index in [9.17, 15) is 0 Å². The zero-order valence-corrected chi connectivity index (χ0v) is 10.6. The monoisotopic (exact) mass is 231 g/mol. The fraction of sp³-hybridized carbons (Fsp3) is 0.286. The Labute approximate surface area is 101 Å². The normalized spacial score (nSPS) is 10.7. The zero-order valence-electron chi connectivity index (χ0n) is 9.79. The number of hydrogen-bond acceptors (Lipinski definition) is 2. The number of benzene rings is 1. The average molecular weight is 231 g/mol. The van der Waals surface area contributed by atoms with Gasteiger partial charge in [0.05, 0.1) is 0 Å². The molecule has 1 aromatic carbocycles. The standard InChI is InChI=1S/C14H17NS/c1-3-11-4-6-12(7-5-11)14-10(2)8-13(9-15)16-14/h4-8H,3,9,15H2,1-2H3. The van der Waals surface area contributed by atoms with Gasteiger partial charge in [0.15, 0.2) is 0 Å². The Bertz CT molecular complexity index is 468. The first-order chi connectivity index (χ1) is 7.74. The zero-order chi connectivity index (χ0) is 11.5. The van der Waals surface area contributed by atoms with Crippen LogP contribution >= 0.6 is 11.3 Å². The number of rotatable bonds is 3. The van der Waals surface area contributed by atoms with Gasteiger partial charge in [-0.2, -0.15) is 0 Å². The highest BCUT2D eigenvalue weighted by Gasteiger charge is 2.06. The van der Waals surface area contributed by atoms with Crippen LogP contribution in [0.4, 0.5) is 0 Å². The average Bonchev–Trinajstić information content (AvgIpc) is 2.71. The second-order valence-corrected chi connectivity index (χ2v) is 5.12. The number of nitrogens with two attached hydrogens (primary N) is 1. The van der Waals surface area contributed by atoms with Gasteiger partial charge in [0, 0.05) is 16.3 Å². The minimum absolute atomic E-state index is 0.637. The molecule has 2 N–H and O–H groups in total. The summed E-state index contributed by atoms with van der Waals surface area (Å²) in [5, 5.41) is 0. The van der Waals surface area contributed by atoms with Crippen LogP contribution < -0.4 is 5.73 Å². The maximum atomic E-state index is 5.67. The van der Waals surface area contributed by atoms with E-state index in [1.165, 1.54) is 26.4 Å². The first-order valence-electron chi connectivity index (χ1n) is 5.63. The Morgan fingerprint density at radius 2 is 1.88 bits per heavy atom. The lowest BCUT2D eigenvalue weighted by Crippen LogP contribution is -1.91. The van der Waals surface area contributed by atoms with Crippen molar-refractivity contribution in [2.24, 2.45) is 5.73 Å². The summed E-state index contributed by atoms with van der Waals surface area (Å²) in [6.07, 6.45) is 1.09. The van der Waals surface area contributed by atoms with Crippen molar-refractivity contribution < 1.29 is 0 Å². The summed E-state index contributed by atoms with van der Waals surface area (Å²) in [6.45, 7) is 4.97. The Morgan fingerprint density at radius 3 is 2.38 bits per heavy atom. The molecule has 2 heteroatoms. The molecule has 0 radical (unpaired) electrons. The topological polar surface area (TPSA) is 26.0 Å². The maximum absolute atomic E-state index is 5.67. The molecular formula is C14H17NS. The van der Waals surface area contributed by atoms with E-state index in [-0.39, 0.29) is 0 Å². The molecule has 0 aliphatic carbocycles. The fourth-order valence-electron chi connectivity index (χ4n) is 1.83. The molecule has 0 spiro atoms. The van der Waals surface area contributed by atoms with Gasteiger partial charge in [-0.1, -0.05) is 31.2 Å². The summed E-state index contributed by atoms with van der Waals surface area (Å²) in [7, 11) is 0. The molecule has 0 saturated heterocycles. The van der Waals surface area contributed by atoms with Gasteiger partial charge >= 0.3 is 0 Å². The van der Waals surface area contributed by atoms with E-state index in [1.54, 1.807) is 11.3 Å². The van der Waals surface area contributed by atoms with Crippen molar-refractivity contribution in [3.63, 3.8) is 0 Å². The number of hydrogen-bond donors (Lipinski definition) is 1. The molecular weight excluding hydrogens is 214 g/mol. The van der Waals surface area contributed by atoms with Gasteiger partial charge in [0.25, 0.3) is 0 Å². The minimum Gasteiger partial charge on any atom is -0.326 e. The van der Waals surface area contributed by atoms with Gasteiger partial charge in [-0.05, 0) is 36.1 Å². The molecule has 0 aliphatic rings. The van der Waals surface area contributed by atoms with Gasteiger partial charge in [0.2, 0.25) is 0 Å². The Hall–Kier alpha value is -1.12. The van der Waals surface area contributed by atoms with E-state index in [0.717, 1.165) is 6.42 Å². The molecule has 0 unspecified atom stereocenters. The minimum atomic E-state index is 0.637. The molecule has 2 rings (SSSR count). The summed E-state index contributed by atoms with van der Waals surface area (Å²) >= 11 is 1.80. The summed E-state index contributed by atoms with van der Waals surface area (Å²) in [6, 6.07) is 11.0. The molecule has 16 heavy (non-hydrogen) atoms. The van der Waals surface area contributed by atoms with E-state index in [2.05, 4.69) is 44.2 Å². The fourth-order valence-corrected chi connectivity index (χ4v) is 2.88. The van der Waals surface area contributed by atoms with Crippen molar-refractivity contribution in [3.05, 3.63) is 46.3 Å². The van der Waals surface area contributed by atoms with Gasteiger partial charge < -0.3 is 5.73 Å². The highest BCUT2D eigenvalue weighted by Crippen LogP contribution is 2.32. The number of aryl methyl sites for hydroxylation is 2. The first-order valence-corrected chi connectivity index (χ1v) is 6.45. The highest BCUT2D eigenvalue weighted by molar-refractivity contribution is 7.15. The summed E-state index contributed by atoms with van der Waals surface area (Å²) < 4.78 is 0. The molecule has 84 valence electrons. The van der Waals surface area contributed by atoms with Crippen LogP contribution in [-0.2, 0) is 13.0 Å². The third kappa shape index (κ3) is 2.18. The molecule has 1 aromatic heterocycles. The van der Waals surface area contributed by atoms with Gasteiger partial charge in [-0.25, -0.2) is 0 Å². The Morgan fingerprint density at radius 1 is 1.19 bits per heavy atom.